The predicted molar refractivity (Wildman–Crippen MR) is 90.0 cm³/mol. The number of nitrogens with zero attached hydrogens (tertiary/aromatic N) is 2. The Kier molecular flexibility index (Phi) is 5.41. The Balaban J connectivity index is 1.99. The highest BCUT2D eigenvalue weighted by Crippen LogP contribution is 2.42. The van der Waals surface area contributed by atoms with Crippen LogP contribution < -0.4 is 0 Å². The highest BCUT2D eigenvalue weighted by atomic mass is 16.6. The minimum atomic E-state index is -0.406. The number of piperidine rings is 1. The molecule has 1 saturated carbocycles. The molecule has 0 aromatic carbocycles. The molecular formula is C18H34N2O2. The van der Waals surface area contributed by atoms with Crippen LogP contribution >= 0.6 is 0 Å². The number of ether oxygens (including phenoxy) is 1. The summed E-state index contributed by atoms with van der Waals surface area (Å²) in [5.41, 5.74) is -0.129. The lowest BCUT2D eigenvalue weighted by Crippen LogP contribution is -2.58. The fraction of sp³-hybridized carbons (Fsp3) is 0.944. The van der Waals surface area contributed by atoms with Crippen molar-refractivity contribution in [1.29, 1.82) is 0 Å². The SMILES string of the molecule is CN(C)C1(C2CCCCC2)CCN(C(=O)OC(C)(C)C)CC1. The van der Waals surface area contributed by atoms with Crippen LogP contribution in [0.5, 0.6) is 0 Å². The third-order valence-corrected chi connectivity index (χ3v) is 5.54. The zero-order chi connectivity index (χ0) is 16.4. The van der Waals surface area contributed by atoms with Crippen LogP contribution in [0.2, 0.25) is 0 Å². The van der Waals surface area contributed by atoms with Gasteiger partial charge in [0.25, 0.3) is 0 Å². The number of carbonyl (C=O) groups is 1. The third-order valence-electron chi connectivity index (χ3n) is 5.54. The minimum Gasteiger partial charge on any atom is -0.444 e. The molecule has 22 heavy (non-hydrogen) atoms. The van der Waals surface area contributed by atoms with Crippen molar-refractivity contribution in [1.82, 2.24) is 9.80 Å². The average molecular weight is 310 g/mol. The fourth-order valence-corrected chi connectivity index (χ4v) is 4.26. The molecule has 0 spiro atoms. The molecule has 1 saturated heterocycles. The van der Waals surface area contributed by atoms with E-state index >= 15 is 0 Å². The van der Waals surface area contributed by atoms with E-state index < -0.39 is 5.60 Å². The van der Waals surface area contributed by atoms with Gasteiger partial charge in [0.05, 0.1) is 0 Å². The molecule has 4 heteroatoms. The molecule has 2 rings (SSSR count). The third kappa shape index (κ3) is 3.95. The van der Waals surface area contributed by atoms with Crippen LogP contribution in [0.15, 0.2) is 0 Å². The second-order valence-corrected chi connectivity index (χ2v) is 8.30. The van der Waals surface area contributed by atoms with Crippen molar-refractivity contribution < 1.29 is 9.53 Å². The highest BCUT2D eigenvalue weighted by molar-refractivity contribution is 5.68. The summed E-state index contributed by atoms with van der Waals surface area (Å²) in [5.74, 6) is 0.789. The first-order valence-electron chi connectivity index (χ1n) is 8.90. The van der Waals surface area contributed by atoms with Gasteiger partial charge in [-0.15, -0.1) is 0 Å². The first-order chi connectivity index (χ1) is 10.2. The van der Waals surface area contributed by atoms with Crippen molar-refractivity contribution in [3.8, 4) is 0 Å². The van der Waals surface area contributed by atoms with E-state index in [2.05, 4.69) is 19.0 Å². The molecule has 0 bridgehead atoms. The molecule has 0 aromatic heterocycles. The van der Waals surface area contributed by atoms with Gasteiger partial charge in [0.2, 0.25) is 0 Å². The zero-order valence-corrected chi connectivity index (χ0v) is 15.2. The molecule has 0 radical (unpaired) electrons. The van der Waals surface area contributed by atoms with Crippen molar-refractivity contribution in [2.75, 3.05) is 27.2 Å². The molecule has 1 heterocycles. The van der Waals surface area contributed by atoms with E-state index in [9.17, 15) is 4.79 Å². The van der Waals surface area contributed by atoms with Gasteiger partial charge in [-0.25, -0.2) is 4.79 Å². The van der Waals surface area contributed by atoms with Gasteiger partial charge >= 0.3 is 6.09 Å². The Morgan fingerprint density at radius 3 is 2.09 bits per heavy atom. The maximum absolute atomic E-state index is 12.3. The Hall–Kier alpha value is -0.770. The molecule has 0 unspecified atom stereocenters. The van der Waals surface area contributed by atoms with Gasteiger partial charge < -0.3 is 14.5 Å². The molecular weight excluding hydrogens is 276 g/mol. The molecule has 128 valence electrons. The van der Waals surface area contributed by atoms with Crippen molar-refractivity contribution in [3.63, 3.8) is 0 Å². The second-order valence-electron chi connectivity index (χ2n) is 8.30. The van der Waals surface area contributed by atoms with E-state index in [-0.39, 0.29) is 11.6 Å². The van der Waals surface area contributed by atoms with Gasteiger partial charge in [0.1, 0.15) is 5.60 Å². The van der Waals surface area contributed by atoms with E-state index in [4.69, 9.17) is 4.74 Å². The van der Waals surface area contributed by atoms with E-state index in [1.54, 1.807) is 0 Å². The van der Waals surface area contributed by atoms with Crippen LogP contribution in [0.1, 0.15) is 65.7 Å². The lowest BCUT2D eigenvalue weighted by atomic mass is 9.69. The van der Waals surface area contributed by atoms with Gasteiger partial charge in [0.15, 0.2) is 0 Å². The Bertz CT molecular complexity index is 373. The van der Waals surface area contributed by atoms with Gasteiger partial charge in [-0.3, -0.25) is 0 Å². The van der Waals surface area contributed by atoms with Crippen molar-refractivity contribution in [2.45, 2.75) is 76.9 Å². The van der Waals surface area contributed by atoms with Crippen molar-refractivity contribution in [3.05, 3.63) is 0 Å². The molecule has 1 amide bonds. The van der Waals surface area contributed by atoms with E-state index in [1.165, 1.54) is 32.1 Å². The van der Waals surface area contributed by atoms with E-state index in [0.717, 1.165) is 31.8 Å². The number of likely N-dealkylation sites (tertiary alicyclic amines) is 1. The summed E-state index contributed by atoms with van der Waals surface area (Å²) in [6, 6.07) is 0. The standard InChI is InChI=1S/C18H34N2O2/c1-17(2,3)22-16(21)20-13-11-18(12-14-20,19(4)5)15-9-7-6-8-10-15/h15H,6-14H2,1-5H3. The topological polar surface area (TPSA) is 32.8 Å². The van der Waals surface area contributed by atoms with Gasteiger partial charge in [0, 0.05) is 18.6 Å². The quantitative estimate of drug-likeness (QED) is 0.775. The lowest BCUT2D eigenvalue weighted by molar-refractivity contribution is -0.0217. The van der Waals surface area contributed by atoms with Crippen LogP contribution in [0.3, 0.4) is 0 Å². The van der Waals surface area contributed by atoms with Crippen LogP contribution in [-0.2, 0) is 4.74 Å². The van der Waals surface area contributed by atoms with Crippen LogP contribution in [0.4, 0.5) is 4.79 Å². The van der Waals surface area contributed by atoms with Crippen LogP contribution in [0.25, 0.3) is 0 Å². The highest BCUT2D eigenvalue weighted by Gasteiger charge is 2.44. The molecule has 0 aromatic rings. The maximum atomic E-state index is 12.3. The largest absolute Gasteiger partial charge is 0.444 e. The summed E-state index contributed by atoms with van der Waals surface area (Å²) in [7, 11) is 4.44. The summed E-state index contributed by atoms with van der Waals surface area (Å²) in [6.07, 6.45) is 8.84. The molecule has 0 atom stereocenters. The molecule has 4 nitrogen and oxygen atoms in total. The number of rotatable bonds is 2. The van der Waals surface area contributed by atoms with Crippen molar-refractivity contribution >= 4 is 6.09 Å². The normalized spacial score (nSPS) is 23.6. The smallest absolute Gasteiger partial charge is 0.410 e. The Labute approximate surface area is 136 Å². The number of amides is 1. The predicted octanol–water partition coefficient (Wildman–Crippen LogP) is 3.90. The Morgan fingerprint density at radius 2 is 1.64 bits per heavy atom. The molecule has 1 aliphatic heterocycles. The van der Waals surface area contributed by atoms with Gasteiger partial charge in [-0.2, -0.15) is 0 Å². The summed E-state index contributed by atoms with van der Waals surface area (Å²) >= 11 is 0. The maximum Gasteiger partial charge on any atom is 0.410 e. The van der Waals surface area contributed by atoms with Crippen LogP contribution in [0, 0.1) is 5.92 Å². The Morgan fingerprint density at radius 1 is 1.09 bits per heavy atom. The molecule has 1 aliphatic carbocycles. The van der Waals surface area contributed by atoms with E-state index in [0.29, 0.717) is 0 Å². The van der Waals surface area contributed by atoms with Gasteiger partial charge in [-0.1, -0.05) is 19.3 Å². The van der Waals surface area contributed by atoms with Gasteiger partial charge in [-0.05, 0) is 66.5 Å². The molecule has 2 fully saturated rings. The zero-order valence-electron chi connectivity index (χ0n) is 15.2. The minimum absolute atomic E-state index is 0.150. The summed E-state index contributed by atoms with van der Waals surface area (Å²) < 4.78 is 5.52. The molecule has 2 aliphatic rings. The first kappa shape index (κ1) is 17.6. The second kappa shape index (κ2) is 6.77. The average Bonchev–Trinajstić information content (AvgIpc) is 2.46. The summed E-state index contributed by atoms with van der Waals surface area (Å²) in [4.78, 5) is 16.6. The van der Waals surface area contributed by atoms with Crippen molar-refractivity contribution in [2.24, 2.45) is 5.92 Å². The number of hydrogen-bond acceptors (Lipinski definition) is 3. The van der Waals surface area contributed by atoms with Crippen LogP contribution in [-0.4, -0.2) is 54.2 Å². The molecule has 0 N–H and O–H groups in total. The first-order valence-corrected chi connectivity index (χ1v) is 8.90. The summed E-state index contributed by atoms with van der Waals surface area (Å²) in [6.45, 7) is 7.44. The lowest BCUT2D eigenvalue weighted by Gasteiger charge is -2.51. The number of hydrogen-bond donors (Lipinski definition) is 0. The fourth-order valence-electron chi connectivity index (χ4n) is 4.26. The van der Waals surface area contributed by atoms with E-state index in [1.807, 2.05) is 25.7 Å². The summed E-state index contributed by atoms with van der Waals surface area (Å²) in [5, 5.41) is 0. The monoisotopic (exact) mass is 310 g/mol. The number of carbonyl (C=O) groups excluding carboxylic acids is 1.